The molecular weight excluding hydrogens is 340 g/mol. The van der Waals surface area contributed by atoms with E-state index in [4.69, 9.17) is 9.47 Å². The van der Waals surface area contributed by atoms with E-state index in [9.17, 15) is 9.90 Å². The molecule has 1 N–H and O–H groups in total. The maximum absolute atomic E-state index is 12.7. The van der Waals surface area contributed by atoms with E-state index in [1.807, 2.05) is 76.2 Å². The van der Waals surface area contributed by atoms with Gasteiger partial charge in [0.15, 0.2) is 12.2 Å². The molecule has 3 rings (SSSR count). The lowest BCUT2D eigenvalue weighted by molar-refractivity contribution is -0.217. The van der Waals surface area contributed by atoms with Crippen molar-refractivity contribution in [3.63, 3.8) is 0 Å². The first kappa shape index (κ1) is 19.6. The summed E-state index contributed by atoms with van der Waals surface area (Å²) < 4.78 is 12.1. The minimum atomic E-state index is -0.975. The third kappa shape index (κ3) is 4.23. The number of aryl methyl sites for hydroxylation is 2. The van der Waals surface area contributed by atoms with Gasteiger partial charge in [0.05, 0.1) is 6.10 Å². The minimum Gasteiger partial charge on any atom is -0.452 e. The van der Waals surface area contributed by atoms with Gasteiger partial charge in [0.1, 0.15) is 6.10 Å². The number of ether oxygens (including phenoxy) is 2. The predicted molar refractivity (Wildman–Crippen MR) is 104 cm³/mol. The predicted octanol–water partition coefficient (Wildman–Crippen LogP) is 4.43. The normalized spacial score (nSPS) is 23.9. The summed E-state index contributed by atoms with van der Waals surface area (Å²) in [4.78, 5) is 12.7. The molecule has 1 saturated heterocycles. The van der Waals surface area contributed by atoms with Crippen LogP contribution in [0.15, 0.2) is 48.5 Å². The van der Waals surface area contributed by atoms with Crippen molar-refractivity contribution in [3.05, 3.63) is 70.8 Å². The largest absolute Gasteiger partial charge is 0.452 e. The summed E-state index contributed by atoms with van der Waals surface area (Å²) in [5, 5.41) is 10.5. The number of aliphatic hydroxyl groups is 1. The van der Waals surface area contributed by atoms with Crippen LogP contribution in [0.1, 0.15) is 54.7 Å². The molecule has 2 aromatic rings. The van der Waals surface area contributed by atoms with Gasteiger partial charge in [-0.05, 0) is 48.4 Å². The van der Waals surface area contributed by atoms with Crippen LogP contribution in [-0.2, 0) is 14.3 Å². The third-order valence-electron chi connectivity index (χ3n) is 5.10. The molecule has 4 heteroatoms. The zero-order chi connectivity index (χ0) is 19.6. The van der Waals surface area contributed by atoms with Crippen molar-refractivity contribution in [2.24, 2.45) is 5.92 Å². The molecule has 1 aliphatic heterocycles. The van der Waals surface area contributed by atoms with Gasteiger partial charge in [-0.15, -0.1) is 0 Å². The van der Waals surface area contributed by atoms with Crippen LogP contribution in [0.2, 0.25) is 0 Å². The molecule has 0 unspecified atom stereocenters. The highest BCUT2D eigenvalue weighted by Crippen LogP contribution is 2.42. The number of rotatable bonds is 5. The van der Waals surface area contributed by atoms with Gasteiger partial charge in [-0.2, -0.15) is 0 Å². The van der Waals surface area contributed by atoms with Crippen LogP contribution in [0, 0.1) is 19.8 Å². The zero-order valence-corrected chi connectivity index (χ0v) is 16.4. The van der Waals surface area contributed by atoms with E-state index < -0.39 is 30.4 Å². The molecule has 1 aliphatic rings. The molecule has 1 fully saturated rings. The maximum atomic E-state index is 12.7. The number of carbonyl (C=O) groups is 1. The molecule has 27 heavy (non-hydrogen) atoms. The van der Waals surface area contributed by atoms with Crippen molar-refractivity contribution >= 4 is 5.97 Å². The number of hydrogen-bond donors (Lipinski definition) is 1. The summed E-state index contributed by atoms with van der Waals surface area (Å²) in [6, 6.07) is 15.8. The number of esters is 1. The van der Waals surface area contributed by atoms with Crippen molar-refractivity contribution in [2.45, 2.75) is 58.5 Å². The van der Waals surface area contributed by atoms with E-state index in [2.05, 4.69) is 0 Å². The fraction of sp³-hybridized carbons (Fsp3) is 0.435. The Morgan fingerprint density at radius 3 is 1.96 bits per heavy atom. The Labute approximate surface area is 161 Å². The number of benzene rings is 2. The fourth-order valence-corrected chi connectivity index (χ4v) is 3.67. The molecule has 0 radical (unpaired) electrons. The number of hydrogen-bond acceptors (Lipinski definition) is 4. The Kier molecular flexibility index (Phi) is 5.98. The van der Waals surface area contributed by atoms with Crippen molar-refractivity contribution in [2.75, 3.05) is 0 Å². The summed E-state index contributed by atoms with van der Waals surface area (Å²) in [5.41, 5.74) is 4.01. The summed E-state index contributed by atoms with van der Waals surface area (Å²) in [7, 11) is 0. The van der Waals surface area contributed by atoms with Gasteiger partial charge in [-0.3, -0.25) is 0 Å². The molecule has 1 heterocycles. The Morgan fingerprint density at radius 2 is 1.44 bits per heavy atom. The van der Waals surface area contributed by atoms with Gasteiger partial charge < -0.3 is 14.6 Å². The van der Waals surface area contributed by atoms with E-state index in [1.165, 1.54) is 0 Å². The molecule has 0 saturated carbocycles. The second kappa shape index (κ2) is 8.24. The summed E-state index contributed by atoms with van der Waals surface area (Å²) in [6.45, 7) is 8.03. The van der Waals surface area contributed by atoms with E-state index in [1.54, 1.807) is 0 Å². The van der Waals surface area contributed by atoms with Crippen LogP contribution in [0.3, 0.4) is 0 Å². The third-order valence-corrected chi connectivity index (χ3v) is 5.10. The smallest absolute Gasteiger partial charge is 0.338 e. The van der Waals surface area contributed by atoms with Gasteiger partial charge in [-0.1, -0.05) is 62.4 Å². The van der Waals surface area contributed by atoms with E-state index in [0.29, 0.717) is 6.42 Å². The quantitative estimate of drug-likeness (QED) is 0.793. The Bertz CT molecular complexity index is 798. The first-order valence-corrected chi connectivity index (χ1v) is 9.53. The molecule has 0 aliphatic carbocycles. The Morgan fingerprint density at radius 1 is 0.926 bits per heavy atom. The van der Waals surface area contributed by atoms with Crippen molar-refractivity contribution in [1.82, 2.24) is 0 Å². The lowest BCUT2D eigenvalue weighted by Gasteiger charge is -2.39. The van der Waals surface area contributed by atoms with Gasteiger partial charge in [0, 0.05) is 0 Å². The van der Waals surface area contributed by atoms with Crippen LogP contribution in [-0.4, -0.2) is 23.3 Å². The summed E-state index contributed by atoms with van der Waals surface area (Å²) >= 11 is 0. The van der Waals surface area contributed by atoms with Crippen molar-refractivity contribution < 1.29 is 19.4 Å². The molecule has 0 amide bonds. The molecule has 0 aromatic heterocycles. The minimum absolute atomic E-state index is 0.252. The van der Waals surface area contributed by atoms with Crippen LogP contribution in [0.4, 0.5) is 0 Å². The highest BCUT2D eigenvalue weighted by molar-refractivity contribution is 5.76. The van der Waals surface area contributed by atoms with E-state index in [0.717, 1.165) is 22.3 Å². The van der Waals surface area contributed by atoms with E-state index in [-0.39, 0.29) is 5.92 Å². The van der Waals surface area contributed by atoms with Crippen LogP contribution in [0.25, 0.3) is 0 Å². The van der Waals surface area contributed by atoms with E-state index >= 15 is 0 Å². The van der Waals surface area contributed by atoms with Crippen LogP contribution >= 0.6 is 0 Å². The van der Waals surface area contributed by atoms with Crippen molar-refractivity contribution in [3.8, 4) is 0 Å². The van der Waals surface area contributed by atoms with Crippen LogP contribution < -0.4 is 0 Å². The summed E-state index contributed by atoms with van der Waals surface area (Å²) in [5.74, 6) is -0.247. The highest BCUT2D eigenvalue weighted by atomic mass is 16.6. The molecule has 0 spiro atoms. The average molecular weight is 368 g/mol. The number of carbonyl (C=O) groups excluding carboxylic acids is 1. The second-order valence-electron chi connectivity index (χ2n) is 7.74. The molecular formula is C23H28O4. The SMILES string of the molecule is Cc1ccccc1[C@@H]1OC(=O)[C@H]([C@@H](O)CC(C)C)O[C@H]1c1ccccc1C. The Balaban J connectivity index is 2.00. The lowest BCUT2D eigenvalue weighted by atomic mass is 9.91. The lowest BCUT2D eigenvalue weighted by Crippen LogP contribution is -2.45. The summed E-state index contributed by atoms with van der Waals surface area (Å²) in [6.07, 6.45) is -2.38. The number of cyclic esters (lactones) is 1. The van der Waals surface area contributed by atoms with Crippen LogP contribution in [0.5, 0.6) is 0 Å². The molecule has 2 aromatic carbocycles. The average Bonchev–Trinajstić information content (AvgIpc) is 2.62. The van der Waals surface area contributed by atoms with Crippen molar-refractivity contribution in [1.29, 1.82) is 0 Å². The molecule has 4 atom stereocenters. The molecule has 144 valence electrons. The van der Waals surface area contributed by atoms with Gasteiger partial charge >= 0.3 is 5.97 Å². The fourth-order valence-electron chi connectivity index (χ4n) is 3.67. The molecule has 4 nitrogen and oxygen atoms in total. The first-order chi connectivity index (χ1) is 12.9. The first-order valence-electron chi connectivity index (χ1n) is 9.53. The van der Waals surface area contributed by atoms with Gasteiger partial charge in [-0.25, -0.2) is 4.79 Å². The number of aliphatic hydroxyl groups excluding tert-OH is 1. The zero-order valence-electron chi connectivity index (χ0n) is 16.4. The highest BCUT2D eigenvalue weighted by Gasteiger charge is 2.44. The second-order valence-corrected chi connectivity index (χ2v) is 7.74. The van der Waals surface area contributed by atoms with Gasteiger partial charge in [0.25, 0.3) is 0 Å². The maximum Gasteiger partial charge on any atom is 0.338 e. The topological polar surface area (TPSA) is 55.8 Å². The van der Waals surface area contributed by atoms with Gasteiger partial charge in [0.2, 0.25) is 0 Å². The monoisotopic (exact) mass is 368 g/mol. The Hall–Kier alpha value is -2.17. The molecule has 0 bridgehead atoms. The standard InChI is InChI=1S/C23H28O4/c1-14(2)13-19(24)22-23(25)27-21(18-12-8-6-10-16(18)4)20(26-22)17-11-7-5-9-15(17)3/h5-12,14,19-22,24H,13H2,1-4H3/t19-,20-,21-,22-/m0/s1.